The fourth-order valence-electron chi connectivity index (χ4n) is 2.16. The topological polar surface area (TPSA) is 0 Å². The summed E-state index contributed by atoms with van der Waals surface area (Å²) >= 11 is 0. The van der Waals surface area contributed by atoms with Crippen molar-refractivity contribution in [1.82, 2.24) is 0 Å². The Labute approximate surface area is 132 Å². The van der Waals surface area contributed by atoms with Crippen LogP contribution < -0.4 is 0 Å². The molecule has 0 aromatic carbocycles. The first-order valence-corrected chi connectivity index (χ1v) is 9.72. The summed E-state index contributed by atoms with van der Waals surface area (Å²) in [6, 6.07) is 0. The molecule has 0 aromatic rings. The molecule has 0 radical (unpaired) electrons. The zero-order valence-electron chi connectivity index (χ0n) is 16.1. The molecule has 0 saturated carbocycles. The molecule has 0 heteroatoms. The molecule has 0 aromatic heterocycles. The van der Waals surface area contributed by atoms with Crippen molar-refractivity contribution in [3.8, 4) is 0 Å². The summed E-state index contributed by atoms with van der Waals surface area (Å²) in [5.41, 5.74) is 0. The Balaban J connectivity index is -0.000000505. The summed E-state index contributed by atoms with van der Waals surface area (Å²) in [6.07, 6.45) is 17.1. The van der Waals surface area contributed by atoms with Crippen LogP contribution in [-0.2, 0) is 0 Å². The smallest absolute Gasteiger partial charge is 0.0443 e. The van der Waals surface area contributed by atoms with Gasteiger partial charge in [0.15, 0.2) is 0 Å². The van der Waals surface area contributed by atoms with Crippen molar-refractivity contribution in [3.63, 3.8) is 0 Å². The molecule has 0 bridgehead atoms. The second kappa shape index (κ2) is 27.4. The molecule has 1 atom stereocenters. The van der Waals surface area contributed by atoms with Crippen LogP contribution in [-0.4, -0.2) is 0 Å². The molecule has 0 aliphatic carbocycles. The third-order valence-corrected chi connectivity index (χ3v) is 3.35. The highest BCUT2D eigenvalue weighted by Crippen LogP contribution is 2.17. The van der Waals surface area contributed by atoms with E-state index in [1.54, 1.807) is 0 Å². The lowest BCUT2D eigenvalue weighted by molar-refractivity contribution is 0.437. The van der Waals surface area contributed by atoms with E-state index < -0.39 is 0 Å². The van der Waals surface area contributed by atoms with Gasteiger partial charge in [0.05, 0.1) is 0 Å². The molecular weight excluding hydrogens is 240 g/mol. The van der Waals surface area contributed by atoms with E-state index in [9.17, 15) is 0 Å². The van der Waals surface area contributed by atoms with Gasteiger partial charge in [0, 0.05) is 0 Å². The van der Waals surface area contributed by atoms with Gasteiger partial charge in [-0.05, 0) is 5.92 Å². The van der Waals surface area contributed by atoms with Crippen LogP contribution in [0.25, 0.3) is 0 Å². The molecule has 0 saturated heterocycles. The van der Waals surface area contributed by atoms with E-state index in [-0.39, 0.29) is 0 Å². The van der Waals surface area contributed by atoms with E-state index in [0.717, 1.165) is 5.92 Å². The number of hydrogen-bond acceptors (Lipinski definition) is 0. The fourth-order valence-corrected chi connectivity index (χ4v) is 2.16. The monoisotopic (exact) mass is 286 g/mol. The van der Waals surface area contributed by atoms with E-state index in [1.807, 2.05) is 13.8 Å². The maximum atomic E-state index is 2.43. The van der Waals surface area contributed by atoms with E-state index >= 15 is 0 Å². The van der Waals surface area contributed by atoms with Crippen LogP contribution in [0.5, 0.6) is 0 Å². The average Bonchev–Trinajstić information content (AvgIpc) is 2.46. The Morgan fingerprint density at radius 1 is 0.550 bits per heavy atom. The van der Waals surface area contributed by atoms with Gasteiger partial charge in [-0.15, -0.1) is 0 Å². The molecule has 0 N–H and O–H groups in total. The quantitative estimate of drug-likeness (QED) is 0.334. The SMILES string of the molecule is CC.CCC.CCCCCCCCC(C)CCCCC. The third kappa shape index (κ3) is 30.8. The minimum atomic E-state index is 0.975. The minimum Gasteiger partial charge on any atom is -0.0683 e. The van der Waals surface area contributed by atoms with Gasteiger partial charge in [0.25, 0.3) is 0 Å². The minimum absolute atomic E-state index is 0.975. The Morgan fingerprint density at radius 3 is 1.30 bits per heavy atom. The largest absolute Gasteiger partial charge is 0.0683 e. The lowest BCUT2D eigenvalue weighted by Crippen LogP contribution is -1.94. The predicted octanol–water partition coefficient (Wildman–Crippen LogP) is 8.40. The molecule has 0 rings (SSSR count). The number of unbranched alkanes of at least 4 members (excludes halogenated alkanes) is 7. The number of rotatable bonds is 11. The van der Waals surface area contributed by atoms with Crippen LogP contribution in [0, 0.1) is 5.92 Å². The Hall–Kier alpha value is 0. The van der Waals surface area contributed by atoms with Gasteiger partial charge in [-0.1, -0.05) is 126 Å². The van der Waals surface area contributed by atoms with Crippen molar-refractivity contribution < 1.29 is 0 Å². The molecule has 1 unspecified atom stereocenters. The standard InChI is InChI=1S/C15H32.C3H8.C2H6/c1-4-6-8-9-10-12-14-15(3)13-11-7-5-2;1-3-2;1-2/h15H,4-14H2,1-3H3;3H2,1-2H3;1-2H3. The zero-order chi connectivity index (χ0) is 16.1. The van der Waals surface area contributed by atoms with Gasteiger partial charge in [-0.2, -0.15) is 0 Å². The first-order chi connectivity index (χ1) is 9.72. The molecule has 0 aliphatic rings. The van der Waals surface area contributed by atoms with Crippen LogP contribution in [0.3, 0.4) is 0 Å². The molecule has 0 nitrogen and oxygen atoms in total. The van der Waals surface area contributed by atoms with E-state index in [0.29, 0.717) is 0 Å². The van der Waals surface area contributed by atoms with Crippen molar-refractivity contribution >= 4 is 0 Å². The van der Waals surface area contributed by atoms with Crippen LogP contribution in [0.2, 0.25) is 0 Å². The highest BCUT2D eigenvalue weighted by atomic mass is 14.1. The summed E-state index contributed by atoms with van der Waals surface area (Å²) < 4.78 is 0. The second-order valence-electron chi connectivity index (χ2n) is 5.86. The summed E-state index contributed by atoms with van der Waals surface area (Å²) in [7, 11) is 0. The lowest BCUT2D eigenvalue weighted by Gasteiger charge is -2.10. The van der Waals surface area contributed by atoms with E-state index in [1.165, 1.54) is 77.0 Å². The average molecular weight is 287 g/mol. The first-order valence-electron chi connectivity index (χ1n) is 9.72. The highest BCUT2D eigenvalue weighted by molar-refractivity contribution is 4.54. The molecule has 0 amide bonds. The van der Waals surface area contributed by atoms with Gasteiger partial charge in [0.1, 0.15) is 0 Å². The molecule has 0 fully saturated rings. The summed E-state index contributed by atoms with van der Waals surface area (Å²) in [4.78, 5) is 0. The molecular formula is C20H46. The second-order valence-corrected chi connectivity index (χ2v) is 5.86. The van der Waals surface area contributed by atoms with Gasteiger partial charge >= 0.3 is 0 Å². The van der Waals surface area contributed by atoms with Gasteiger partial charge in [0.2, 0.25) is 0 Å². The van der Waals surface area contributed by atoms with Crippen molar-refractivity contribution in [2.24, 2.45) is 5.92 Å². The van der Waals surface area contributed by atoms with Crippen LogP contribution in [0.15, 0.2) is 0 Å². The third-order valence-electron chi connectivity index (χ3n) is 3.35. The predicted molar refractivity (Wildman–Crippen MR) is 98.6 cm³/mol. The maximum Gasteiger partial charge on any atom is -0.0443 e. The van der Waals surface area contributed by atoms with Gasteiger partial charge in [-0.3, -0.25) is 0 Å². The van der Waals surface area contributed by atoms with Crippen molar-refractivity contribution in [3.05, 3.63) is 0 Å². The Kier molecular flexibility index (Phi) is 34.2. The Bertz CT molecular complexity index is 117. The summed E-state index contributed by atoms with van der Waals surface area (Å²) in [5.74, 6) is 0.975. The molecule has 0 spiro atoms. The van der Waals surface area contributed by atoms with Crippen molar-refractivity contribution in [2.45, 2.75) is 126 Å². The van der Waals surface area contributed by atoms with Crippen LogP contribution in [0.4, 0.5) is 0 Å². The Morgan fingerprint density at radius 2 is 0.850 bits per heavy atom. The van der Waals surface area contributed by atoms with Crippen LogP contribution in [0.1, 0.15) is 126 Å². The molecule has 20 heavy (non-hydrogen) atoms. The molecule has 0 heterocycles. The van der Waals surface area contributed by atoms with E-state index in [4.69, 9.17) is 0 Å². The first kappa shape index (κ1) is 25.0. The van der Waals surface area contributed by atoms with Gasteiger partial charge in [-0.25, -0.2) is 0 Å². The zero-order valence-corrected chi connectivity index (χ0v) is 16.1. The molecule has 0 aliphatic heterocycles. The lowest BCUT2D eigenvalue weighted by atomic mass is 9.96. The van der Waals surface area contributed by atoms with Gasteiger partial charge < -0.3 is 0 Å². The molecule has 126 valence electrons. The highest BCUT2D eigenvalue weighted by Gasteiger charge is 2.01. The normalized spacial score (nSPS) is 10.9. The summed E-state index contributed by atoms with van der Waals surface area (Å²) in [6.45, 7) is 15.3. The van der Waals surface area contributed by atoms with Crippen molar-refractivity contribution in [1.29, 1.82) is 0 Å². The maximum absolute atomic E-state index is 2.43. The van der Waals surface area contributed by atoms with Crippen LogP contribution >= 0.6 is 0 Å². The van der Waals surface area contributed by atoms with Crippen molar-refractivity contribution in [2.75, 3.05) is 0 Å². The fraction of sp³-hybridized carbons (Fsp3) is 1.00. The number of hydrogen-bond donors (Lipinski definition) is 0. The van der Waals surface area contributed by atoms with E-state index in [2.05, 4.69) is 34.6 Å². The summed E-state index contributed by atoms with van der Waals surface area (Å²) in [5, 5.41) is 0.